The highest BCUT2D eigenvalue weighted by atomic mass is 19.4. The lowest BCUT2D eigenvalue weighted by atomic mass is 10.1. The van der Waals surface area contributed by atoms with Gasteiger partial charge in [0, 0.05) is 6.04 Å². The second-order valence-corrected chi connectivity index (χ2v) is 3.56. The Kier molecular flexibility index (Phi) is 5.44. The van der Waals surface area contributed by atoms with Crippen LogP contribution in [0.4, 0.5) is 13.2 Å². The molecule has 0 heterocycles. The summed E-state index contributed by atoms with van der Waals surface area (Å²) in [6, 6.07) is -1.52. The highest BCUT2D eigenvalue weighted by molar-refractivity contribution is 4.80. The minimum atomic E-state index is -4.18. The van der Waals surface area contributed by atoms with Crippen LogP contribution in [0.5, 0.6) is 0 Å². The van der Waals surface area contributed by atoms with Crippen LogP contribution in [-0.2, 0) is 0 Å². The zero-order valence-corrected chi connectivity index (χ0v) is 8.93. The Bertz CT molecular complexity index is 157. The predicted octanol–water partition coefficient (Wildman–Crippen LogP) is 2.00. The number of hydrogen-bond donors (Lipinski definition) is 1. The fraction of sp³-hybridized carbons (Fsp3) is 1.00. The Morgan fingerprint density at radius 3 is 2.00 bits per heavy atom. The Hall–Kier alpha value is -0.290. The van der Waals surface area contributed by atoms with Crippen molar-refractivity contribution in [3.8, 4) is 0 Å². The van der Waals surface area contributed by atoms with Gasteiger partial charge < -0.3 is 5.73 Å². The summed E-state index contributed by atoms with van der Waals surface area (Å²) in [7, 11) is 0. The summed E-state index contributed by atoms with van der Waals surface area (Å²) >= 11 is 0. The van der Waals surface area contributed by atoms with Crippen molar-refractivity contribution in [1.82, 2.24) is 4.90 Å². The van der Waals surface area contributed by atoms with Crippen LogP contribution in [-0.4, -0.2) is 36.2 Å². The number of halogens is 3. The van der Waals surface area contributed by atoms with Crippen molar-refractivity contribution >= 4 is 0 Å². The molecule has 0 fully saturated rings. The molecule has 0 saturated carbocycles. The molecule has 2 nitrogen and oxygen atoms in total. The van der Waals surface area contributed by atoms with Gasteiger partial charge in [0.05, 0.1) is 0 Å². The first kappa shape index (κ1) is 13.7. The number of hydrogen-bond acceptors (Lipinski definition) is 2. The van der Waals surface area contributed by atoms with Crippen LogP contribution in [0.25, 0.3) is 0 Å². The molecule has 2 N–H and O–H groups in total. The SMILES string of the molecule is CCN(C(C)C)C(CCN)C(F)(F)F. The first-order chi connectivity index (χ1) is 6.34. The van der Waals surface area contributed by atoms with Crippen molar-refractivity contribution in [2.45, 2.75) is 45.5 Å². The molecule has 86 valence electrons. The lowest BCUT2D eigenvalue weighted by Crippen LogP contribution is -2.49. The van der Waals surface area contributed by atoms with Crippen LogP contribution >= 0.6 is 0 Å². The number of rotatable bonds is 5. The molecule has 1 atom stereocenters. The van der Waals surface area contributed by atoms with Crippen molar-refractivity contribution < 1.29 is 13.2 Å². The van der Waals surface area contributed by atoms with Gasteiger partial charge in [-0.2, -0.15) is 13.2 Å². The lowest BCUT2D eigenvalue weighted by molar-refractivity contribution is -0.188. The monoisotopic (exact) mass is 212 g/mol. The molecule has 5 heteroatoms. The second kappa shape index (κ2) is 5.56. The smallest absolute Gasteiger partial charge is 0.330 e. The molecule has 0 aliphatic carbocycles. The minimum Gasteiger partial charge on any atom is -0.330 e. The molecule has 0 aliphatic heterocycles. The molecular formula is C9H19F3N2. The van der Waals surface area contributed by atoms with Crippen molar-refractivity contribution in [2.75, 3.05) is 13.1 Å². The average Bonchev–Trinajstić information content (AvgIpc) is 2.02. The van der Waals surface area contributed by atoms with Gasteiger partial charge in [0.2, 0.25) is 0 Å². The number of nitrogens with zero attached hydrogens (tertiary/aromatic N) is 1. The Balaban J connectivity index is 4.60. The van der Waals surface area contributed by atoms with Crippen molar-refractivity contribution in [1.29, 1.82) is 0 Å². The third-order valence-corrected chi connectivity index (χ3v) is 2.25. The summed E-state index contributed by atoms with van der Waals surface area (Å²) in [5, 5.41) is 0. The summed E-state index contributed by atoms with van der Waals surface area (Å²) < 4.78 is 37.8. The summed E-state index contributed by atoms with van der Waals surface area (Å²) in [6.07, 6.45) is -4.21. The summed E-state index contributed by atoms with van der Waals surface area (Å²) in [4.78, 5) is 1.42. The molecule has 0 aliphatic rings. The van der Waals surface area contributed by atoms with Crippen molar-refractivity contribution in [2.24, 2.45) is 5.73 Å². The number of nitrogens with two attached hydrogens (primary N) is 1. The quantitative estimate of drug-likeness (QED) is 0.755. The van der Waals surface area contributed by atoms with Gasteiger partial charge in [0.1, 0.15) is 6.04 Å². The van der Waals surface area contributed by atoms with Crippen molar-refractivity contribution in [3.63, 3.8) is 0 Å². The normalized spacial score (nSPS) is 15.2. The topological polar surface area (TPSA) is 29.3 Å². The standard InChI is InChI=1S/C9H19F3N2/c1-4-14(7(2)3)8(5-6-13)9(10,11)12/h7-8H,4-6,13H2,1-3H3. The molecule has 0 spiro atoms. The Morgan fingerprint density at radius 1 is 1.29 bits per heavy atom. The molecule has 0 rings (SSSR count). The van der Waals surface area contributed by atoms with Gasteiger partial charge in [-0.3, -0.25) is 4.90 Å². The fourth-order valence-electron chi connectivity index (χ4n) is 1.62. The molecule has 0 bridgehead atoms. The minimum absolute atomic E-state index is 0.0322. The maximum absolute atomic E-state index is 12.6. The summed E-state index contributed by atoms with van der Waals surface area (Å²) in [5.41, 5.74) is 5.19. The van der Waals surface area contributed by atoms with E-state index in [9.17, 15) is 13.2 Å². The maximum Gasteiger partial charge on any atom is 0.404 e. The molecule has 14 heavy (non-hydrogen) atoms. The third-order valence-electron chi connectivity index (χ3n) is 2.25. The lowest BCUT2D eigenvalue weighted by Gasteiger charge is -2.35. The zero-order valence-electron chi connectivity index (χ0n) is 8.93. The molecular weight excluding hydrogens is 193 g/mol. The Morgan fingerprint density at radius 2 is 1.79 bits per heavy atom. The molecule has 0 aromatic carbocycles. The Labute approximate surface area is 83.3 Å². The van der Waals surface area contributed by atoms with Crippen LogP contribution in [0.2, 0.25) is 0 Å². The highest BCUT2D eigenvalue weighted by Crippen LogP contribution is 2.28. The number of alkyl halides is 3. The second-order valence-electron chi connectivity index (χ2n) is 3.56. The first-order valence-electron chi connectivity index (χ1n) is 4.87. The van der Waals surface area contributed by atoms with E-state index in [0.29, 0.717) is 6.54 Å². The molecule has 0 aromatic rings. The van der Waals surface area contributed by atoms with E-state index in [0.717, 1.165) is 0 Å². The van der Waals surface area contributed by atoms with Gasteiger partial charge in [-0.15, -0.1) is 0 Å². The van der Waals surface area contributed by atoms with E-state index in [1.54, 1.807) is 20.8 Å². The molecule has 0 amide bonds. The summed E-state index contributed by atoms with van der Waals surface area (Å²) in [5.74, 6) is 0. The van der Waals surface area contributed by atoms with Crippen LogP contribution in [0.3, 0.4) is 0 Å². The highest BCUT2D eigenvalue weighted by Gasteiger charge is 2.42. The van der Waals surface area contributed by atoms with Crippen LogP contribution < -0.4 is 5.73 Å². The zero-order chi connectivity index (χ0) is 11.4. The summed E-state index contributed by atoms with van der Waals surface area (Å²) in [6.45, 7) is 5.71. The van der Waals surface area contributed by atoms with Gasteiger partial charge in [-0.1, -0.05) is 6.92 Å². The predicted molar refractivity (Wildman–Crippen MR) is 51.0 cm³/mol. The van der Waals surface area contributed by atoms with Gasteiger partial charge in [-0.05, 0) is 33.4 Å². The van der Waals surface area contributed by atoms with E-state index in [2.05, 4.69) is 0 Å². The fourth-order valence-corrected chi connectivity index (χ4v) is 1.62. The molecule has 1 unspecified atom stereocenters. The molecule has 0 saturated heterocycles. The third kappa shape index (κ3) is 3.84. The van der Waals surface area contributed by atoms with Crippen molar-refractivity contribution in [3.05, 3.63) is 0 Å². The van der Waals surface area contributed by atoms with Crippen LogP contribution in [0.1, 0.15) is 27.2 Å². The van der Waals surface area contributed by atoms with E-state index in [-0.39, 0.29) is 19.0 Å². The van der Waals surface area contributed by atoms with Crippen LogP contribution in [0.15, 0.2) is 0 Å². The van der Waals surface area contributed by atoms with E-state index < -0.39 is 12.2 Å². The first-order valence-corrected chi connectivity index (χ1v) is 4.87. The van der Waals surface area contributed by atoms with E-state index >= 15 is 0 Å². The van der Waals surface area contributed by atoms with Gasteiger partial charge in [0.25, 0.3) is 0 Å². The maximum atomic E-state index is 12.6. The average molecular weight is 212 g/mol. The van der Waals surface area contributed by atoms with Gasteiger partial charge >= 0.3 is 6.18 Å². The van der Waals surface area contributed by atoms with Gasteiger partial charge in [-0.25, -0.2) is 0 Å². The van der Waals surface area contributed by atoms with E-state index in [1.165, 1.54) is 4.90 Å². The van der Waals surface area contributed by atoms with E-state index in [4.69, 9.17) is 5.73 Å². The van der Waals surface area contributed by atoms with Crippen LogP contribution in [0, 0.1) is 0 Å². The molecule has 0 aromatic heterocycles. The molecule has 0 radical (unpaired) electrons. The van der Waals surface area contributed by atoms with Gasteiger partial charge in [0.15, 0.2) is 0 Å². The largest absolute Gasteiger partial charge is 0.404 e. The van der Waals surface area contributed by atoms with E-state index in [1.807, 2.05) is 0 Å².